The highest BCUT2D eigenvalue weighted by Crippen LogP contribution is 2.42. The van der Waals surface area contributed by atoms with Gasteiger partial charge in [-0.1, -0.05) is 5.16 Å². The van der Waals surface area contributed by atoms with Crippen LogP contribution in [0.15, 0.2) is 35.5 Å². The fourth-order valence-electron chi connectivity index (χ4n) is 3.35. The molecule has 0 aliphatic carbocycles. The first-order chi connectivity index (χ1) is 12.8. The van der Waals surface area contributed by atoms with Crippen molar-refractivity contribution in [1.82, 2.24) is 0 Å². The van der Waals surface area contributed by atoms with Gasteiger partial charge in [0.2, 0.25) is 19.3 Å². The molecule has 0 N–H and O–H groups in total. The minimum atomic E-state index is -0.0412. The molecule has 0 aromatic heterocycles. The Morgan fingerprint density at radius 2 is 1.85 bits per heavy atom. The molecule has 0 unspecified atom stereocenters. The van der Waals surface area contributed by atoms with Crippen molar-refractivity contribution in [2.45, 2.75) is 18.9 Å². The van der Waals surface area contributed by atoms with E-state index in [1.165, 1.54) is 0 Å². The van der Waals surface area contributed by atoms with Gasteiger partial charge in [-0.3, -0.25) is 0 Å². The maximum Gasteiger partial charge on any atom is 0.231 e. The van der Waals surface area contributed by atoms with Crippen LogP contribution in [0.1, 0.15) is 17.5 Å². The predicted molar refractivity (Wildman–Crippen MR) is 91.4 cm³/mol. The van der Waals surface area contributed by atoms with Crippen LogP contribution < -0.4 is 23.7 Å². The molecule has 7 nitrogen and oxygen atoms in total. The van der Waals surface area contributed by atoms with Crippen molar-refractivity contribution in [2.24, 2.45) is 5.16 Å². The third-order valence-electron chi connectivity index (χ3n) is 4.62. The fraction of sp³-hybridized carbons (Fsp3) is 0.316. The molecule has 2 aromatic carbocycles. The fourth-order valence-corrected chi connectivity index (χ4v) is 3.35. The van der Waals surface area contributed by atoms with Gasteiger partial charge in [0, 0.05) is 18.4 Å². The van der Waals surface area contributed by atoms with Crippen LogP contribution in [0.2, 0.25) is 0 Å². The number of benzene rings is 2. The molecular formula is C19H17NO6. The number of rotatable bonds is 4. The largest absolute Gasteiger partial charge is 0.493 e. The van der Waals surface area contributed by atoms with E-state index >= 15 is 0 Å². The van der Waals surface area contributed by atoms with E-state index < -0.39 is 0 Å². The molecule has 0 saturated heterocycles. The van der Waals surface area contributed by atoms with Crippen molar-refractivity contribution in [1.29, 1.82) is 0 Å². The third-order valence-corrected chi connectivity index (χ3v) is 4.62. The lowest BCUT2D eigenvalue weighted by Gasteiger charge is -2.11. The van der Waals surface area contributed by atoms with Crippen LogP contribution >= 0.6 is 0 Å². The second kappa shape index (κ2) is 6.01. The Hall–Kier alpha value is -3.09. The first-order valence-corrected chi connectivity index (χ1v) is 8.39. The zero-order chi connectivity index (χ0) is 17.5. The molecular weight excluding hydrogens is 338 g/mol. The minimum absolute atomic E-state index is 0.0412. The van der Waals surface area contributed by atoms with E-state index in [9.17, 15) is 0 Å². The second-order valence-corrected chi connectivity index (χ2v) is 6.27. The van der Waals surface area contributed by atoms with Crippen molar-refractivity contribution in [2.75, 3.05) is 20.7 Å². The number of methoxy groups -OCH3 is 1. The molecule has 2 aromatic rings. The number of hydrogen-bond donors (Lipinski definition) is 0. The van der Waals surface area contributed by atoms with Gasteiger partial charge in [-0.2, -0.15) is 0 Å². The van der Waals surface area contributed by atoms with E-state index in [1.807, 2.05) is 30.3 Å². The lowest BCUT2D eigenvalue weighted by Crippen LogP contribution is -2.12. The van der Waals surface area contributed by atoms with E-state index in [-0.39, 0.29) is 19.7 Å². The highest BCUT2D eigenvalue weighted by molar-refractivity contribution is 6.01. The first-order valence-electron chi connectivity index (χ1n) is 8.39. The topological polar surface area (TPSA) is 67.7 Å². The molecule has 0 amide bonds. The van der Waals surface area contributed by atoms with Gasteiger partial charge in [-0.05, 0) is 35.9 Å². The third kappa shape index (κ3) is 2.56. The highest BCUT2D eigenvalue weighted by Gasteiger charge is 2.26. The Balaban J connectivity index is 1.31. The molecule has 0 fully saturated rings. The second-order valence-electron chi connectivity index (χ2n) is 6.27. The van der Waals surface area contributed by atoms with E-state index in [4.69, 9.17) is 28.5 Å². The summed E-state index contributed by atoms with van der Waals surface area (Å²) in [4.78, 5) is 5.64. The van der Waals surface area contributed by atoms with Gasteiger partial charge < -0.3 is 28.5 Å². The van der Waals surface area contributed by atoms with Gasteiger partial charge in [0.1, 0.15) is 6.10 Å². The SMILES string of the molecule is COc1cc(C[C@H]2CC(c3ccc4c(c3)OCO4)=NO2)cc2c1OCO2. The predicted octanol–water partition coefficient (Wildman–Crippen LogP) is 2.89. The Labute approximate surface area is 150 Å². The molecule has 3 aliphatic rings. The van der Waals surface area contributed by atoms with E-state index in [2.05, 4.69) is 5.16 Å². The van der Waals surface area contributed by atoms with Gasteiger partial charge in [0.05, 0.1) is 12.8 Å². The van der Waals surface area contributed by atoms with Crippen molar-refractivity contribution < 1.29 is 28.5 Å². The van der Waals surface area contributed by atoms with E-state index in [0.29, 0.717) is 23.7 Å². The maximum absolute atomic E-state index is 5.64. The Bertz CT molecular complexity index is 894. The molecule has 5 rings (SSSR count). The smallest absolute Gasteiger partial charge is 0.231 e. The minimum Gasteiger partial charge on any atom is -0.493 e. The van der Waals surface area contributed by atoms with Gasteiger partial charge in [-0.25, -0.2) is 0 Å². The summed E-state index contributed by atoms with van der Waals surface area (Å²) in [6.45, 7) is 0.475. The Morgan fingerprint density at radius 3 is 2.77 bits per heavy atom. The number of fused-ring (bicyclic) bond motifs is 2. The zero-order valence-electron chi connectivity index (χ0n) is 14.2. The summed E-state index contributed by atoms with van der Waals surface area (Å²) in [5, 5.41) is 4.26. The average molecular weight is 355 g/mol. The maximum atomic E-state index is 5.64. The quantitative estimate of drug-likeness (QED) is 0.840. The molecule has 26 heavy (non-hydrogen) atoms. The number of nitrogens with zero attached hydrogens (tertiary/aromatic N) is 1. The van der Waals surface area contributed by atoms with Crippen molar-refractivity contribution in [3.63, 3.8) is 0 Å². The Morgan fingerprint density at radius 1 is 1.00 bits per heavy atom. The number of ether oxygens (including phenoxy) is 5. The molecule has 1 atom stereocenters. The van der Waals surface area contributed by atoms with Crippen molar-refractivity contribution >= 4 is 5.71 Å². The van der Waals surface area contributed by atoms with Crippen LogP contribution in [-0.2, 0) is 11.3 Å². The summed E-state index contributed by atoms with van der Waals surface area (Å²) < 4.78 is 27.1. The molecule has 3 heterocycles. The van der Waals surface area contributed by atoms with Crippen molar-refractivity contribution in [3.8, 4) is 28.7 Å². The van der Waals surface area contributed by atoms with Gasteiger partial charge in [0.25, 0.3) is 0 Å². The van der Waals surface area contributed by atoms with Crippen molar-refractivity contribution in [3.05, 3.63) is 41.5 Å². The summed E-state index contributed by atoms with van der Waals surface area (Å²) in [7, 11) is 1.62. The number of hydrogen-bond acceptors (Lipinski definition) is 7. The van der Waals surface area contributed by atoms with Crippen LogP contribution in [0.25, 0.3) is 0 Å². The molecule has 0 saturated carbocycles. The molecule has 0 spiro atoms. The summed E-state index contributed by atoms with van der Waals surface area (Å²) >= 11 is 0. The molecule has 0 radical (unpaired) electrons. The lowest BCUT2D eigenvalue weighted by molar-refractivity contribution is 0.0858. The molecule has 3 aliphatic heterocycles. The van der Waals surface area contributed by atoms with Gasteiger partial charge >= 0.3 is 0 Å². The highest BCUT2D eigenvalue weighted by atomic mass is 16.7. The summed E-state index contributed by atoms with van der Waals surface area (Å²) in [5.74, 6) is 3.53. The standard InChI is InChI=1S/C19H17NO6/c1-21-17-5-11(6-18-19(17)25-10-24-18)4-13-8-14(20-26-13)12-2-3-15-16(7-12)23-9-22-15/h2-3,5-7,13H,4,8-10H2,1H3/t13-/m0/s1. The van der Waals surface area contributed by atoms with Crippen LogP contribution in [0.4, 0.5) is 0 Å². The Kier molecular flexibility index (Phi) is 3.51. The van der Waals surface area contributed by atoms with Gasteiger partial charge in [-0.15, -0.1) is 0 Å². The lowest BCUT2D eigenvalue weighted by atomic mass is 9.99. The monoisotopic (exact) mass is 355 g/mol. The van der Waals surface area contributed by atoms with Crippen LogP contribution in [0, 0.1) is 0 Å². The molecule has 134 valence electrons. The van der Waals surface area contributed by atoms with E-state index in [1.54, 1.807) is 7.11 Å². The molecule has 7 heteroatoms. The molecule has 0 bridgehead atoms. The number of oxime groups is 1. The van der Waals surface area contributed by atoms with E-state index in [0.717, 1.165) is 34.8 Å². The summed E-state index contributed by atoms with van der Waals surface area (Å²) in [5.41, 5.74) is 2.94. The van der Waals surface area contributed by atoms with Crippen LogP contribution in [0.3, 0.4) is 0 Å². The summed E-state index contributed by atoms with van der Waals surface area (Å²) in [6, 6.07) is 9.73. The summed E-state index contributed by atoms with van der Waals surface area (Å²) in [6.07, 6.45) is 1.38. The zero-order valence-corrected chi connectivity index (χ0v) is 14.2. The first kappa shape index (κ1) is 15.2. The normalized spacial score (nSPS) is 19.3. The van der Waals surface area contributed by atoms with Crippen LogP contribution in [-0.4, -0.2) is 32.5 Å². The van der Waals surface area contributed by atoms with Gasteiger partial charge in [0.15, 0.2) is 23.0 Å². The van der Waals surface area contributed by atoms with Crippen LogP contribution in [0.5, 0.6) is 28.7 Å². The average Bonchev–Trinajstić information content (AvgIpc) is 3.40.